The van der Waals surface area contributed by atoms with Gasteiger partial charge >= 0.3 is 0 Å². The van der Waals surface area contributed by atoms with E-state index in [0.717, 1.165) is 5.56 Å². The molecule has 5 rings (SSSR count). The number of ether oxygens (including phenoxy) is 1. The van der Waals surface area contributed by atoms with Crippen LogP contribution in [0.25, 0.3) is 0 Å². The summed E-state index contributed by atoms with van der Waals surface area (Å²) in [6.45, 7) is 0.438. The van der Waals surface area contributed by atoms with Crippen LogP contribution in [0.3, 0.4) is 0 Å². The normalized spacial score (nSPS) is 15.7. The Balaban J connectivity index is 1.50. The van der Waals surface area contributed by atoms with Crippen molar-refractivity contribution in [2.75, 3.05) is 0 Å². The Hall–Kier alpha value is -4.52. The molecular formula is C27H21NO6. The van der Waals surface area contributed by atoms with Crippen molar-refractivity contribution in [2.24, 2.45) is 0 Å². The first kappa shape index (κ1) is 21.3. The lowest BCUT2D eigenvalue weighted by Crippen LogP contribution is -2.30. The smallest absolute Gasteiger partial charge is 0.290 e. The van der Waals surface area contributed by atoms with Gasteiger partial charge in [-0.1, -0.05) is 42.5 Å². The molecule has 7 heteroatoms. The van der Waals surface area contributed by atoms with Crippen molar-refractivity contribution in [3.63, 3.8) is 0 Å². The van der Waals surface area contributed by atoms with Crippen molar-refractivity contribution in [1.29, 1.82) is 0 Å². The van der Waals surface area contributed by atoms with E-state index in [2.05, 4.69) is 0 Å². The molecule has 7 nitrogen and oxygen atoms in total. The van der Waals surface area contributed by atoms with E-state index < -0.39 is 23.5 Å². The standard InChI is InChI=1S/C27H21NO6/c29-25(22-12-6-14-33-22)23-24(28(27(31)26(23)30)16-21-11-5-13-32-21)19-9-4-10-20(15-19)34-17-18-7-2-1-3-8-18/h1-15,24,30H,16-17H2. The molecule has 170 valence electrons. The predicted octanol–water partition coefficient (Wildman–Crippen LogP) is 5.23. The van der Waals surface area contributed by atoms with E-state index in [4.69, 9.17) is 13.6 Å². The monoisotopic (exact) mass is 455 g/mol. The van der Waals surface area contributed by atoms with Crippen molar-refractivity contribution < 1.29 is 28.3 Å². The maximum Gasteiger partial charge on any atom is 0.290 e. The molecule has 2 aromatic carbocycles. The Kier molecular flexibility index (Phi) is 5.74. The van der Waals surface area contributed by atoms with Crippen LogP contribution < -0.4 is 4.74 Å². The predicted molar refractivity (Wildman–Crippen MR) is 122 cm³/mol. The molecule has 0 radical (unpaired) electrons. The number of aliphatic hydroxyl groups excluding tert-OH is 1. The van der Waals surface area contributed by atoms with Crippen molar-refractivity contribution in [3.8, 4) is 5.75 Å². The Morgan fingerprint density at radius 2 is 1.74 bits per heavy atom. The molecule has 1 N–H and O–H groups in total. The summed E-state index contributed by atoms with van der Waals surface area (Å²) >= 11 is 0. The number of ketones is 1. The van der Waals surface area contributed by atoms with Crippen molar-refractivity contribution in [3.05, 3.63) is 125 Å². The number of hydrogen-bond acceptors (Lipinski definition) is 6. The largest absolute Gasteiger partial charge is 0.503 e. The van der Waals surface area contributed by atoms with Gasteiger partial charge in [-0.2, -0.15) is 0 Å². The zero-order chi connectivity index (χ0) is 23.5. The summed E-state index contributed by atoms with van der Waals surface area (Å²) in [5.41, 5.74) is 1.57. The fourth-order valence-corrected chi connectivity index (χ4v) is 4.02. The average Bonchev–Trinajstić information content (AvgIpc) is 3.63. The third-order valence-corrected chi connectivity index (χ3v) is 5.62. The summed E-state index contributed by atoms with van der Waals surface area (Å²) in [6.07, 6.45) is 2.88. The number of rotatable bonds is 8. The summed E-state index contributed by atoms with van der Waals surface area (Å²) in [7, 11) is 0. The highest BCUT2D eigenvalue weighted by Gasteiger charge is 2.44. The highest BCUT2D eigenvalue weighted by atomic mass is 16.5. The minimum absolute atomic E-state index is 0.0377. The van der Waals surface area contributed by atoms with Gasteiger partial charge in [-0.15, -0.1) is 0 Å². The molecule has 4 aromatic rings. The molecule has 0 spiro atoms. The first-order valence-corrected chi connectivity index (χ1v) is 10.7. The number of carbonyl (C=O) groups is 2. The van der Waals surface area contributed by atoms with Gasteiger partial charge in [-0.05, 0) is 47.5 Å². The van der Waals surface area contributed by atoms with Gasteiger partial charge in [-0.25, -0.2) is 0 Å². The summed E-state index contributed by atoms with van der Waals surface area (Å²) in [5, 5.41) is 10.7. The van der Waals surface area contributed by atoms with Gasteiger partial charge in [0, 0.05) is 0 Å². The molecule has 0 saturated carbocycles. The summed E-state index contributed by atoms with van der Waals surface area (Å²) in [4.78, 5) is 27.7. The molecular weight excluding hydrogens is 434 g/mol. The molecule has 1 aliphatic heterocycles. The topological polar surface area (TPSA) is 93.1 Å². The quantitative estimate of drug-likeness (QED) is 0.366. The van der Waals surface area contributed by atoms with E-state index in [9.17, 15) is 14.7 Å². The molecule has 1 atom stereocenters. The van der Waals surface area contributed by atoms with Crippen molar-refractivity contribution in [2.45, 2.75) is 19.2 Å². The van der Waals surface area contributed by atoms with Crippen LogP contribution in [0.4, 0.5) is 0 Å². The van der Waals surface area contributed by atoms with E-state index in [1.165, 1.54) is 23.5 Å². The number of nitrogens with zero attached hydrogens (tertiary/aromatic N) is 1. The number of aliphatic hydroxyl groups is 1. The number of hydrogen-bond donors (Lipinski definition) is 1. The summed E-state index contributed by atoms with van der Waals surface area (Å²) < 4.78 is 16.6. The highest BCUT2D eigenvalue weighted by Crippen LogP contribution is 2.41. The van der Waals surface area contributed by atoms with Crippen LogP contribution in [0.5, 0.6) is 5.75 Å². The van der Waals surface area contributed by atoms with E-state index in [0.29, 0.717) is 23.7 Å². The lowest BCUT2D eigenvalue weighted by atomic mass is 9.95. The molecule has 3 heterocycles. The maximum absolute atomic E-state index is 13.2. The molecule has 0 saturated heterocycles. The van der Waals surface area contributed by atoms with E-state index >= 15 is 0 Å². The zero-order valence-corrected chi connectivity index (χ0v) is 18.1. The molecule has 1 unspecified atom stereocenters. The van der Waals surface area contributed by atoms with Crippen molar-refractivity contribution in [1.82, 2.24) is 4.90 Å². The maximum atomic E-state index is 13.2. The molecule has 1 aliphatic rings. The zero-order valence-electron chi connectivity index (χ0n) is 18.1. The van der Waals surface area contributed by atoms with Gasteiger partial charge in [0.1, 0.15) is 18.1 Å². The van der Waals surface area contributed by atoms with Gasteiger partial charge in [0.15, 0.2) is 11.5 Å². The number of benzene rings is 2. The van der Waals surface area contributed by atoms with E-state index in [1.54, 1.807) is 42.5 Å². The second kappa shape index (κ2) is 9.15. The molecule has 0 fully saturated rings. The third-order valence-electron chi connectivity index (χ3n) is 5.62. The second-order valence-corrected chi connectivity index (χ2v) is 7.83. The van der Waals surface area contributed by atoms with Gasteiger partial charge in [0.05, 0.1) is 30.7 Å². The Bertz CT molecular complexity index is 1320. The number of carbonyl (C=O) groups excluding carboxylic acids is 2. The van der Waals surface area contributed by atoms with Crippen LogP contribution in [-0.2, 0) is 17.9 Å². The van der Waals surface area contributed by atoms with Gasteiger partial charge < -0.3 is 23.6 Å². The lowest BCUT2D eigenvalue weighted by Gasteiger charge is -2.26. The lowest BCUT2D eigenvalue weighted by molar-refractivity contribution is -0.130. The molecule has 0 bridgehead atoms. The molecule has 2 aromatic heterocycles. The third kappa shape index (κ3) is 4.11. The first-order chi connectivity index (χ1) is 16.6. The fourth-order valence-electron chi connectivity index (χ4n) is 4.02. The number of furan rings is 2. The fraction of sp³-hybridized carbons (Fsp3) is 0.111. The Morgan fingerprint density at radius 1 is 0.941 bits per heavy atom. The molecule has 34 heavy (non-hydrogen) atoms. The van der Waals surface area contributed by atoms with E-state index in [-0.39, 0.29) is 17.9 Å². The highest BCUT2D eigenvalue weighted by molar-refractivity contribution is 6.15. The minimum atomic E-state index is -0.851. The van der Waals surface area contributed by atoms with Gasteiger partial charge in [0.25, 0.3) is 5.91 Å². The minimum Gasteiger partial charge on any atom is -0.503 e. The molecule has 1 amide bonds. The van der Waals surface area contributed by atoms with Crippen LogP contribution in [0.1, 0.15) is 33.5 Å². The first-order valence-electron chi connectivity index (χ1n) is 10.7. The van der Waals surface area contributed by atoms with Crippen LogP contribution in [0.2, 0.25) is 0 Å². The van der Waals surface area contributed by atoms with Gasteiger partial charge in [-0.3, -0.25) is 9.59 Å². The second-order valence-electron chi connectivity index (χ2n) is 7.83. The molecule has 0 aliphatic carbocycles. The van der Waals surface area contributed by atoms with Crippen LogP contribution in [-0.4, -0.2) is 21.7 Å². The Labute approximate surface area is 195 Å². The van der Waals surface area contributed by atoms with Crippen LogP contribution >= 0.6 is 0 Å². The summed E-state index contributed by atoms with van der Waals surface area (Å²) in [5.74, 6) is -0.688. The van der Waals surface area contributed by atoms with Crippen molar-refractivity contribution >= 4 is 11.7 Å². The SMILES string of the molecule is O=C(C1=C(O)C(=O)N(Cc2ccco2)C1c1cccc(OCc2ccccc2)c1)c1ccco1. The number of Topliss-reactive ketones (excluding diaryl/α,β-unsaturated/α-hetero) is 1. The van der Waals surface area contributed by atoms with Crippen LogP contribution in [0, 0.1) is 0 Å². The number of amides is 1. The Morgan fingerprint density at radius 3 is 2.47 bits per heavy atom. The van der Waals surface area contributed by atoms with Gasteiger partial charge in [0.2, 0.25) is 5.78 Å². The average molecular weight is 455 g/mol. The summed E-state index contributed by atoms with van der Waals surface area (Å²) in [6, 6.07) is 22.6. The van der Waals surface area contributed by atoms with E-state index in [1.807, 2.05) is 30.3 Å². The van der Waals surface area contributed by atoms with Crippen LogP contribution in [0.15, 0.2) is 112 Å².